The Bertz CT molecular complexity index is 739. The molecule has 0 aromatic heterocycles. The monoisotopic (exact) mass is 391 g/mol. The van der Waals surface area contributed by atoms with Gasteiger partial charge in [-0.15, -0.1) is 0 Å². The third-order valence-corrected chi connectivity index (χ3v) is 4.74. The fourth-order valence-electron chi connectivity index (χ4n) is 2.60. The molecule has 2 aromatic carbocycles. The molecule has 1 aliphatic heterocycles. The smallest absolute Gasteiger partial charge is 0.227 e. The molecule has 0 radical (unpaired) electrons. The van der Waals surface area contributed by atoms with E-state index < -0.39 is 0 Å². The van der Waals surface area contributed by atoms with Gasteiger partial charge < -0.3 is 4.90 Å². The number of carbonyl (C=O) groups is 2. The molecular weight excluding hydrogens is 377 g/mol. The van der Waals surface area contributed by atoms with Crippen LogP contribution < -0.4 is 4.90 Å². The summed E-state index contributed by atoms with van der Waals surface area (Å²) < 4.78 is 0.949. The highest BCUT2D eigenvalue weighted by molar-refractivity contribution is 14.1. The fourth-order valence-corrected chi connectivity index (χ4v) is 3.23. The van der Waals surface area contributed by atoms with E-state index in [1.165, 1.54) is 0 Å². The Morgan fingerprint density at radius 2 is 1.90 bits per heavy atom. The lowest BCUT2D eigenvalue weighted by atomic mass is 9.95. The van der Waals surface area contributed by atoms with E-state index >= 15 is 0 Å². The standard InChI is InChI=1S/C17H14INO2/c1-19-15-8-6-12(10-11(15)7-9-16(19)20)17(21)13-4-2-3-5-14(13)18/h2-6,8,10H,7,9H2,1H3. The predicted molar refractivity (Wildman–Crippen MR) is 90.8 cm³/mol. The van der Waals surface area contributed by atoms with Gasteiger partial charge in [-0.25, -0.2) is 0 Å². The van der Waals surface area contributed by atoms with Crippen LogP contribution in [0, 0.1) is 3.57 Å². The summed E-state index contributed by atoms with van der Waals surface area (Å²) in [5.74, 6) is 0.154. The van der Waals surface area contributed by atoms with Crippen LogP contribution in [0.2, 0.25) is 0 Å². The number of anilines is 1. The summed E-state index contributed by atoms with van der Waals surface area (Å²) in [5.41, 5.74) is 3.37. The molecule has 0 aliphatic carbocycles. The lowest BCUT2D eigenvalue weighted by molar-refractivity contribution is -0.118. The van der Waals surface area contributed by atoms with E-state index in [1.807, 2.05) is 36.4 Å². The minimum absolute atomic E-state index is 0.0300. The van der Waals surface area contributed by atoms with E-state index in [-0.39, 0.29) is 11.7 Å². The molecule has 4 heteroatoms. The van der Waals surface area contributed by atoms with E-state index in [0.717, 1.165) is 20.4 Å². The van der Waals surface area contributed by atoms with Crippen molar-refractivity contribution < 1.29 is 9.59 Å². The summed E-state index contributed by atoms with van der Waals surface area (Å²) in [4.78, 5) is 26.0. The van der Waals surface area contributed by atoms with Crippen molar-refractivity contribution in [3.05, 3.63) is 62.7 Å². The van der Waals surface area contributed by atoms with Gasteiger partial charge >= 0.3 is 0 Å². The van der Waals surface area contributed by atoms with Crippen LogP contribution in [0.15, 0.2) is 42.5 Å². The zero-order valence-electron chi connectivity index (χ0n) is 11.6. The van der Waals surface area contributed by atoms with E-state index in [1.54, 1.807) is 18.0 Å². The SMILES string of the molecule is CN1C(=O)CCc2cc(C(=O)c3ccccc3I)ccc21. The van der Waals surface area contributed by atoms with Crippen molar-refractivity contribution in [1.29, 1.82) is 0 Å². The maximum atomic E-state index is 12.6. The van der Waals surface area contributed by atoms with Gasteiger partial charge in [0.25, 0.3) is 0 Å². The van der Waals surface area contributed by atoms with E-state index in [9.17, 15) is 9.59 Å². The second-order valence-corrected chi connectivity index (χ2v) is 6.27. The first-order valence-electron chi connectivity index (χ1n) is 6.76. The Morgan fingerprint density at radius 3 is 2.67 bits per heavy atom. The summed E-state index contributed by atoms with van der Waals surface area (Å²) in [6.07, 6.45) is 1.20. The third-order valence-electron chi connectivity index (χ3n) is 3.80. The molecule has 3 rings (SSSR count). The van der Waals surface area contributed by atoms with Crippen molar-refractivity contribution in [3.8, 4) is 0 Å². The molecule has 2 aromatic rings. The molecule has 0 unspecified atom stereocenters. The molecule has 106 valence electrons. The first-order chi connectivity index (χ1) is 10.1. The van der Waals surface area contributed by atoms with Gasteiger partial charge in [-0.3, -0.25) is 9.59 Å². The molecule has 0 N–H and O–H groups in total. The van der Waals surface area contributed by atoms with Crippen LogP contribution in [0.25, 0.3) is 0 Å². The zero-order valence-corrected chi connectivity index (χ0v) is 13.8. The van der Waals surface area contributed by atoms with Gasteiger partial charge in [0.15, 0.2) is 5.78 Å². The number of amides is 1. The van der Waals surface area contributed by atoms with Gasteiger partial charge in [0.05, 0.1) is 0 Å². The number of rotatable bonds is 2. The topological polar surface area (TPSA) is 37.4 Å². The molecule has 1 amide bonds. The minimum Gasteiger partial charge on any atom is -0.315 e. The molecule has 0 atom stereocenters. The van der Waals surface area contributed by atoms with Gasteiger partial charge in [-0.1, -0.05) is 12.1 Å². The van der Waals surface area contributed by atoms with Crippen molar-refractivity contribution in [2.75, 3.05) is 11.9 Å². The van der Waals surface area contributed by atoms with Gasteiger partial charge in [-0.05, 0) is 64.9 Å². The van der Waals surface area contributed by atoms with Crippen LogP contribution in [-0.4, -0.2) is 18.7 Å². The highest BCUT2D eigenvalue weighted by atomic mass is 127. The second kappa shape index (κ2) is 5.60. The van der Waals surface area contributed by atoms with Crippen LogP contribution in [0.4, 0.5) is 5.69 Å². The van der Waals surface area contributed by atoms with Crippen molar-refractivity contribution in [2.24, 2.45) is 0 Å². The lowest BCUT2D eigenvalue weighted by Crippen LogP contribution is -2.31. The molecule has 21 heavy (non-hydrogen) atoms. The predicted octanol–water partition coefficient (Wildman–Crippen LogP) is 3.43. The number of carbonyl (C=O) groups excluding carboxylic acids is 2. The average Bonchev–Trinajstić information content (AvgIpc) is 2.50. The van der Waals surface area contributed by atoms with Crippen molar-refractivity contribution in [2.45, 2.75) is 12.8 Å². The number of aryl methyl sites for hydroxylation is 1. The lowest BCUT2D eigenvalue weighted by Gasteiger charge is -2.26. The largest absolute Gasteiger partial charge is 0.315 e. The van der Waals surface area contributed by atoms with Crippen LogP contribution in [0.3, 0.4) is 0 Å². The third kappa shape index (κ3) is 2.60. The molecule has 0 spiro atoms. The number of ketones is 1. The van der Waals surface area contributed by atoms with E-state index in [0.29, 0.717) is 18.4 Å². The fraction of sp³-hybridized carbons (Fsp3) is 0.176. The van der Waals surface area contributed by atoms with Gasteiger partial charge in [0.1, 0.15) is 0 Å². The number of hydrogen-bond donors (Lipinski definition) is 0. The maximum absolute atomic E-state index is 12.6. The molecule has 1 heterocycles. The molecule has 1 aliphatic rings. The molecule has 0 saturated carbocycles. The molecule has 0 saturated heterocycles. The Kier molecular flexibility index (Phi) is 3.80. The van der Waals surface area contributed by atoms with Crippen LogP contribution in [-0.2, 0) is 11.2 Å². The van der Waals surface area contributed by atoms with Gasteiger partial charge in [0, 0.05) is 33.9 Å². The Balaban J connectivity index is 2.00. The second-order valence-electron chi connectivity index (χ2n) is 5.11. The van der Waals surface area contributed by atoms with Gasteiger partial charge in [-0.2, -0.15) is 0 Å². The highest BCUT2D eigenvalue weighted by Gasteiger charge is 2.22. The molecular formula is C17H14INO2. The maximum Gasteiger partial charge on any atom is 0.227 e. The summed E-state index contributed by atoms with van der Waals surface area (Å²) in [5, 5.41) is 0. The van der Waals surface area contributed by atoms with Crippen molar-refractivity contribution in [1.82, 2.24) is 0 Å². The van der Waals surface area contributed by atoms with Crippen LogP contribution >= 0.6 is 22.6 Å². The highest BCUT2D eigenvalue weighted by Crippen LogP contribution is 2.28. The van der Waals surface area contributed by atoms with Crippen LogP contribution in [0.5, 0.6) is 0 Å². The molecule has 3 nitrogen and oxygen atoms in total. The summed E-state index contributed by atoms with van der Waals surface area (Å²) in [7, 11) is 1.78. The Labute approximate surface area is 137 Å². The molecule has 0 fully saturated rings. The number of nitrogens with zero attached hydrogens (tertiary/aromatic N) is 1. The van der Waals surface area contributed by atoms with E-state index in [2.05, 4.69) is 22.6 Å². The number of benzene rings is 2. The van der Waals surface area contributed by atoms with Crippen molar-refractivity contribution >= 4 is 40.0 Å². The summed E-state index contributed by atoms with van der Waals surface area (Å²) in [6.45, 7) is 0. The van der Waals surface area contributed by atoms with Gasteiger partial charge in [0.2, 0.25) is 5.91 Å². The minimum atomic E-state index is 0.0300. The normalized spacial score (nSPS) is 14.0. The summed E-state index contributed by atoms with van der Waals surface area (Å²) >= 11 is 2.18. The molecule has 0 bridgehead atoms. The number of fused-ring (bicyclic) bond motifs is 1. The zero-order chi connectivity index (χ0) is 15.0. The number of hydrogen-bond acceptors (Lipinski definition) is 2. The quantitative estimate of drug-likeness (QED) is 0.581. The summed E-state index contributed by atoms with van der Waals surface area (Å²) in [6, 6.07) is 13.2. The first kappa shape index (κ1) is 14.3. The van der Waals surface area contributed by atoms with Crippen molar-refractivity contribution in [3.63, 3.8) is 0 Å². The Morgan fingerprint density at radius 1 is 1.14 bits per heavy atom. The number of halogens is 1. The van der Waals surface area contributed by atoms with E-state index in [4.69, 9.17) is 0 Å². The Hall–Kier alpha value is -1.69. The first-order valence-corrected chi connectivity index (χ1v) is 7.84. The average molecular weight is 391 g/mol. The van der Waals surface area contributed by atoms with Crippen LogP contribution in [0.1, 0.15) is 27.9 Å².